The summed E-state index contributed by atoms with van der Waals surface area (Å²) < 4.78 is 32.0. The van der Waals surface area contributed by atoms with Crippen molar-refractivity contribution in [1.29, 1.82) is 0 Å². The number of rotatable bonds is 9. The molecule has 30 heavy (non-hydrogen) atoms. The van der Waals surface area contributed by atoms with Crippen LogP contribution in [0.4, 0.5) is 0 Å². The Bertz CT molecular complexity index is 626. The van der Waals surface area contributed by atoms with Gasteiger partial charge in [0.2, 0.25) is 10.0 Å². The van der Waals surface area contributed by atoms with Crippen LogP contribution in [0.1, 0.15) is 27.7 Å². The molecule has 2 fully saturated rings. The van der Waals surface area contributed by atoms with E-state index in [1.54, 1.807) is 11.4 Å². The number of likely N-dealkylation sites (N-methyl/N-ethyl adjacent to an activating group) is 1. The van der Waals surface area contributed by atoms with Gasteiger partial charge >= 0.3 is 0 Å². The maximum Gasteiger partial charge on any atom is 0.216 e. The zero-order chi connectivity index (χ0) is 22.1. The zero-order valence-electron chi connectivity index (χ0n) is 19.5. The van der Waals surface area contributed by atoms with Crippen LogP contribution in [0.25, 0.3) is 0 Å². The number of sulfonamides is 1. The van der Waals surface area contributed by atoms with Gasteiger partial charge in [0, 0.05) is 72.0 Å². The second-order valence-electron chi connectivity index (χ2n) is 8.37. The summed E-state index contributed by atoms with van der Waals surface area (Å²) >= 11 is 0. The molecule has 0 radical (unpaired) electrons. The molecule has 1 atom stereocenters. The SMILES string of the molecule is CCN1CCN(C(C)CNC(=NC)N2CCN(S(=O)(=O)CCOC(C)C)CC2)CC1. The fourth-order valence-corrected chi connectivity index (χ4v) is 5.20. The van der Waals surface area contributed by atoms with E-state index in [1.165, 1.54) is 0 Å². The summed E-state index contributed by atoms with van der Waals surface area (Å²) in [6, 6.07) is 0.434. The Hall–Kier alpha value is -0.940. The molecule has 1 N–H and O–H groups in total. The van der Waals surface area contributed by atoms with Gasteiger partial charge in [0.05, 0.1) is 18.5 Å². The fraction of sp³-hybridized carbons (Fsp3) is 0.950. The number of nitrogens with one attached hydrogen (secondary N) is 1. The molecule has 9 nitrogen and oxygen atoms in total. The average molecular weight is 447 g/mol. The smallest absolute Gasteiger partial charge is 0.216 e. The molecule has 0 spiro atoms. The van der Waals surface area contributed by atoms with E-state index in [1.807, 2.05) is 13.8 Å². The van der Waals surface area contributed by atoms with Crippen LogP contribution in [0.2, 0.25) is 0 Å². The molecule has 0 bridgehead atoms. The van der Waals surface area contributed by atoms with Crippen LogP contribution in [0.15, 0.2) is 4.99 Å². The Morgan fingerprint density at radius 3 is 2.20 bits per heavy atom. The molecule has 2 heterocycles. The number of hydrogen-bond donors (Lipinski definition) is 1. The lowest BCUT2D eigenvalue weighted by Crippen LogP contribution is -2.56. The Labute approximate surface area is 183 Å². The van der Waals surface area contributed by atoms with Gasteiger partial charge in [0.1, 0.15) is 0 Å². The van der Waals surface area contributed by atoms with Crippen LogP contribution in [0.3, 0.4) is 0 Å². The van der Waals surface area contributed by atoms with Crippen LogP contribution < -0.4 is 5.32 Å². The number of guanidine groups is 1. The van der Waals surface area contributed by atoms with Crippen molar-refractivity contribution in [2.24, 2.45) is 4.99 Å². The Morgan fingerprint density at radius 1 is 1.03 bits per heavy atom. The van der Waals surface area contributed by atoms with Crippen molar-refractivity contribution < 1.29 is 13.2 Å². The van der Waals surface area contributed by atoms with Crippen LogP contribution in [0.5, 0.6) is 0 Å². The lowest BCUT2D eigenvalue weighted by atomic mass is 10.2. The lowest BCUT2D eigenvalue weighted by Gasteiger charge is -2.39. The number of ether oxygens (including phenoxy) is 1. The second kappa shape index (κ2) is 12.2. The van der Waals surface area contributed by atoms with Crippen LogP contribution in [0, 0.1) is 0 Å². The quantitative estimate of drug-likeness (QED) is 0.393. The minimum absolute atomic E-state index is 0.0426. The van der Waals surface area contributed by atoms with Crippen molar-refractivity contribution in [3.63, 3.8) is 0 Å². The highest BCUT2D eigenvalue weighted by Gasteiger charge is 2.28. The van der Waals surface area contributed by atoms with Gasteiger partial charge in [0.25, 0.3) is 0 Å². The first kappa shape index (κ1) is 25.3. The molecule has 2 rings (SSSR count). The summed E-state index contributed by atoms with van der Waals surface area (Å²) in [5, 5.41) is 3.49. The summed E-state index contributed by atoms with van der Waals surface area (Å²) in [7, 11) is -1.48. The van der Waals surface area contributed by atoms with Crippen molar-refractivity contribution in [3.05, 3.63) is 0 Å². The van der Waals surface area contributed by atoms with E-state index < -0.39 is 10.0 Å². The van der Waals surface area contributed by atoms with Crippen LogP contribution >= 0.6 is 0 Å². The van der Waals surface area contributed by atoms with E-state index in [9.17, 15) is 8.42 Å². The highest BCUT2D eigenvalue weighted by Crippen LogP contribution is 2.10. The Kier molecular flexibility index (Phi) is 10.3. The first-order valence-corrected chi connectivity index (χ1v) is 12.9. The predicted octanol–water partition coefficient (Wildman–Crippen LogP) is -0.0398. The van der Waals surface area contributed by atoms with Crippen LogP contribution in [-0.4, -0.2) is 130 Å². The molecule has 10 heteroatoms. The van der Waals surface area contributed by atoms with E-state index in [0.29, 0.717) is 32.2 Å². The molecular weight excluding hydrogens is 404 g/mol. The van der Waals surface area contributed by atoms with E-state index in [4.69, 9.17) is 4.74 Å². The van der Waals surface area contributed by atoms with Gasteiger partial charge < -0.3 is 19.9 Å². The third kappa shape index (κ3) is 7.64. The fourth-order valence-electron chi connectivity index (χ4n) is 3.92. The van der Waals surface area contributed by atoms with Crippen molar-refractivity contribution in [1.82, 2.24) is 24.3 Å². The van der Waals surface area contributed by atoms with E-state index in [0.717, 1.165) is 45.2 Å². The number of nitrogens with zero attached hydrogens (tertiary/aromatic N) is 5. The topological polar surface area (TPSA) is 80.7 Å². The maximum absolute atomic E-state index is 12.5. The molecular formula is C20H42N6O3S. The summed E-state index contributed by atoms with van der Waals surface area (Å²) in [5.74, 6) is 0.898. The molecule has 1 unspecified atom stereocenters. The maximum atomic E-state index is 12.5. The molecule has 0 amide bonds. The Balaban J connectivity index is 1.75. The van der Waals surface area contributed by atoms with Crippen molar-refractivity contribution in [2.75, 3.05) is 84.9 Å². The monoisotopic (exact) mass is 446 g/mol. The summed E-state index contributed by atoms with van der Waals surface area (Å²) in [5.41, 5.74) is 0. The summed E-state index contributed by atoms with van der Waals surface area (Å²) in [6.45, 7) is 17.2. The first-order chi connectivity index (χ1) is 14.3. The largest absolute Gasteiger partial charge is 0.378 e. The van der Waals surface area contributed by atoms with Gasteiger partial charge in [-0.05, 0) is 27.3 Å². The van der Waals surface area contributed by atoms with Gasteiger partial charge in [-0.3, -0.25) is 9.89 Å². The highest BCUT2D eigenvalue weighted by molar-refractivity contribution is 7.89. The second-order valence-corrected chi connectivity index (χ2v) is 10.5. The molecule has 0 aromatic carbocycles. The third-order valence-electron chi connectivity index (χ3n) is 5.97. The summed E-state index contributed by atoms with van der Waals surface area (Å²) in [4.78, 5) is 11.6. The molecule has 0 aromatic heterocycles. The van der Waals surface area contributed by atoms with Gasteiger partial charge in [-0.15, -0.1) is 0 Å². The predicted molar refractivity (Wildman–Crippen MR) is 123 cm³/mol. The molecule has 0 saturated carbocycles. The van der Waals surface area contributed by atoms with E-state index >= 15 is 0 Å². The Morgan fingerprint density at radius 2 is 1.67 bits per heavy atom. The molecule has 176 valence electrons. The molecule has 2 aliphatic heterocycles. The normalized spacial score (nSPS) is 21.9. The molecule has 0 aromatic rings. The van der Waals surface area contributed by atoms with Crippen LogP contribution in [-0.2, 0) is 14.8 Å². The minimum Gasteiger partial charge on any atom is -0.378 e. The van der Waals surface area contributed by atoms with E-state index in [2.05, 4.69) is 38.9 Å². The van der Waals surface area contributed by atoms with Gasteiger partial charge in [-0.2, -0.15) is 4.31 Å². The third-order valence-corrected chi connectivity index (χ3v) is 7.80. The number of aliphatic imine (C=N–C) groups is 1. The zero-order valence-corrected chi connectivity index (χ0v) is 20.3. The molecule has 0 aliphatic carbocycles. The van der Waals surface area contributed by atoms with Gasteiger partial charge in [-0.25, -0.2) is 8.42 Å². The standard InChI is InChI=1S/C20H42N6O3S/c1-6-23-7-9-24(10-8-23)19(4)17-22-20(21-5)25-11-13-26(14-12-25)30(27,28)16-15-29-18(2)3/h18-19H,6-17H2,1-5H3,(H,21,22). The van der Waals surface area contributed by atoms with Gasteiger partial charge in [-0.1, -0.05) is 6.92 Å². The first-order valence-electron chi connectivity index (χ1n) is 11.3. The number of hydrogen-bond acceptors (Lipinski definition) is 6. The summed E-state index contributed by atoms with van der Waals surface area (Å²) in [6.07, 6.45) is 0.0457. The number of piperazine rings is 2. The molecule has 2 aliphatic rings. The van der Waals surface area contributed by atoms with E-state index in [-0.39, 0.29) is 18.5 Å². The van der Waals surface area contributed by atoms with Gasteiger partial charge in [0.15, 0.2) is 5.96 Å². The lowest BCUT2D eigenvalue weighted by molar-refractivity contribution is 0.0904. The average Bonchev–Trinajstić information content (AvgIpc) is 2.74. The highest BCUT2D eigenvalue weighted by atomic mass is 32.2. The molecule has 2 saturated heterocycles. The van der Waals surface area contributed by atoms with Crippen molar-refractivity contribution in [2.45, 2.75) is 39.8 Å². The minimum atomic E-state index is -3.27. The van der Waals surface area contributed by atoms with Crippen molar-refractivity contribution >= 4 is 16.0 Å². The van der Waals surface area contributed by atoms with Crippen molar-refractivity contribution in [3.8, 4) is 0 Å².